The Labute approximate surface area is 134 Å². The number of rotatable bonds is 5. The molecule has 2 aromatic carbocycles. The molecule has 0 aliphatic rings. The van der Waals surface area contributed by atoms with Crippen molar-refractivity contribution >= 4 is 35.0 Å². The SMILES string of the molecule is CNC(C)c1ccc(SCc2c(Cl)cccc2Cl)cc1. The van der Waals surface area contributed by atoms with Gasteiger partial charge in [0.1, 0.15) is 0 Å². The van der Waals surface area contributed by atoms with E-state index < -0.39 is 0 Å². The molecular weight excluding hydrogens is 309 g/mol. The smallest absolute Gasteiger partial charge is 0.0461 e. The van der Waals surface area contributed by atoms with Crippen LogP contribution in [0, 0.1) is 0 Å². The number of hydrogen-bond donors (Lipinski definition) is 1. The number of halogens is 2. The van der Waals surface area contributed by atoms with Crippen LogP contribution in [0.3, 0.4) is 0 Å². The second-order valence-corrected chi connectivity index (χ2v) is 6.43. The zero-order valence-corrected chi connectivity index (χ0v) is 13.8. The number of benzene rings is 2. The number of hydrogen-bond acceptors (Lipinski definition) is 2. The summed E-state index contributed by atoms with van der Waals surface area (Å²) in [4.78, 5) is 1.22. The van der Waals surface area contributed by atoms with Gasteiger partial charge in [0.25, 0.3) is 0 Å². The van der Waals surface area contributed by atoms with Gasteiger partial charge in [-0.1, -0.05) is 41.4 Å². The first-order valence-electron chi connectivity index (χ1n) is 6.44. The van der Waals surface area contributed by atoms with Crippen molar-refractivity contribution in [1.29, 1.82) is 0 Å². The Balaban J connectivity index is 2.04. The van der Waals surface area contributed by atoms with Gasteiger partial charge in [0.2, 0.25) is 0 Å². The molecule has 0 radical (unpaired) electrons. The van der Waals surface area contributed by atoms with E-state index in [4.69, 9.17) is 23.2 Å². The molecule has 0 fully saturated rings. The second kappa shape index (κ2) is 7.37. The maximum Gasteiger partial charge on any atom is 0.0461 e. The van der Waals surface area contributed by atoms with Gasteiger partial charge in [-0.2, -0.15) is 0 Å². The van der Waals surface area contributed by atoms with Crippen LogP contribution in [0.25, 0.3) is 0 Å². The van der Waals surface area contributed by atoms with Crippen molar-refractivity contribution < 1.29 is 0 Å². The summed E-state index contributed by atoms with van der Waals surface area (Å²) in [6, 6.07) is 14.6. The van der Waals surface area contributed by atoms with Crippen LogP contribution in [-0.2, 0) is 5.75 Å². The van der Waals surface area contributed by atoms with Gasteiger partial charge in [-0.25, -0.2) is 0 Å². The summed E-state index contributed by atoms with van der Waals surface area (Å²) < 4.78 is 0. The lowest BCUT2D eigenvalue weighted by molar-refractivity contribution is 0.652. The molecule has 0 aromatic heterocycles. The zero-order valence-electron chi connectivity index (χ0n) is 11.5. The molecule has 0 heterocycles. The Morgan fingerprint density at radius 3 is 2.20 bits per heavy atom. The quantitative estimate of drug-likeness (QED) is 0.721. The van der Waals surface area contributed by atoms with Gasteiger partial charge in [0, 0.05) is 26.7 Å². The Morgan fingerprint density at radius 1 is 1.05 bits per heavy atom. The van der Waals surface area contributed by atoms with Crippen molar-refractivity contribution in [3.8, 4) is 0 Å². The van der Waals surface area contributed by atoms with E-state index in [1.165, 1.54) is 10.5 Å². The first-order chi connectivity index (χ1) is 9.61. The van der Waals surface area contributed by atoms with Gasteiger partial charge in [0.05, 0.1) is 0 Å². The standard InChI is InChI=1S/C16H17Cl2NS/c1-11(19-2)12-6-8-13(9-7-12)20-10-14-15(17)4-3-5-16(14)18/h3-9,11,19H,10H2,1-2H3. The summed E-state index contributed by atoms with van der Waals surface area (Å²) in [5.74, 6) is 0.777. The van der Waals surface area contributed by atoms with E-state index in [9.17, 15) is 0 Å². The molecule has 2 rings (SSSR count). The summed E-state index contributed by atoms with van der Waals surface area (Å²) >= 11 is 14.1. The van der Waals surface area contributed by atoms with E-state index in [0.29, 0.717) is 6.04 Å². The molecule has 0 saturated heterocycles. The molecular formula is C16H17Cl2NS. The topological polar surface area (TPSA) is 12.0 Å². The maximum atomic E-state index is 6.18. The van der Waals surface area contributed by atoms with Crippen molar-refractivity contribution in [2.45, 2.75) is 23.6 Å². The Morgan fingerprint density at radius 2 is 1.65 bits per heavy atom. The summed E-state index contributed by atoms with van der Waals surface area (Å²) in [6.45, 7) is 2.14. The first kappa shape index (κ1) is 15.7. The fourth-order valence-electron chi connectivity index (χ4n) is 1.85. The molecule has 0 aliphatic heterocycles. The molecule has 0 aliphatic carbocycles. The molecule has 0 bridgehead atoms. The van der Waals surface area contributed by atoms with Gasteiger partial charge in [-0.05, 0) is 49.4 Å². The van der Waals surface area contributed by atoms with Gasteiger partial charge in [0.15, 0.2) is 0 Å². The van der Waals surface area contributed by atoms with E-state index in [2.05, 4.69) is 36.5 Å². The van der Waals surface area contributed by atoms with Crippen molar-refractivity contribution in [2.75, 3.05) is 7.05 Å². The van der Waals surface area contributed by atoms with Crippen LogP contribution in [0.4, 0.5) is 0 Å². The molecule has 106 valence electrons. The van der Waals surface area contributed by atoms with Gasteiger partial charge in [-0.15, -0.1) is 11.8 Å². The van der Waals surface area contributed by atoms with E-state index in [1.54, 1.807) is 11.8 Å². The van der Waals surface area contributed by atoms with Gasteiger partial charge in [-0.3, -0.25) is 0 Å². The van der Waals surface area contributed by atoms with E-state index in [-0.39, 0.29) is 0 Å². The summed E-state index contributed by atoms with van der Waals surface area (Å²) in [6.07, 6.45) is 0. The van der Waals surface area contributed by atoms with Crippen LogP contribution >= 0.6 is 35.0 Å². The fraction of sp³-hybridized carbons (Fsp3) is 0.250. The molecule has 1 atom stereocenters. The molecule has 0 amide bonds. The molecule has 20 heavy (non-hydrogen) atoms. The Kier molecular flexibility index (Phi) is 5.79. The van der Waals surface area contributed by atoms with Crippen LogP contribution in [-0.4, -0.2) is 7.05 Å². The van der Waals surface area contributed by atoms with E-state index in [1.807, 2.05) is 25.2 Å². The average Bonchev–Trinajstić information content (AvgIpc) is 2.46. The predicted octanol–water partition coefficient (Wildman–Crippen LogP) is 5.57. The van der Waals surface area contributed by atoms with Gasteiger partial charge < -0.3 is 5.32 Å². The third-order valence-electron chi connectivity index (χ3n) is 3.26. The lowest BCUT2D eigenvalue weighted by atomic mass is 10.1. The first-order valence-corrected chi connectivity index (χ1v) is 8.19. The summed E-state index contributed by atoms with van der Waals surface area (Å²) in [7, 11) is 1.97. The van der Waals surface area contributed by atoms with Crippen molar-refractivity contribution in [2.24, 2.45) is 0 Å². The molecule has 1 unspecified atom stereocenters. The van der Waals surface area contributed by atoms with Crippen LogP contribution in [0.5, 0.6) is 0 Å². The summed E-state index contributed by atoms with van der Waals surface area (Å²) in [5, 5.41) is 4.69. The highest BCUT2D eigenvalue weighted by Crippen LogP contribution is 2.31. The largest absolute Gasteiger partial charge is 0.313 e. The van der Waals surface area contributed by atoms with Crippen LogP contribution in [0.15, 0.2) is 47.4 Å². The molecule has 1 N–H and O–H groups in total. The Hall–Kier alpha value is -0.670. The molecule has 2 aromatic rings. The highest BCUT2D eigenvalue weighted by molar-refractivity contribution is 7.98. The highest BCUT2D eigenvalue weighted by Gasteiger charge is 2.07. The number of thioether (sulfide) groups is 1. The predicted molar refractivity (Wildman–Crippen MR) is 89.9 cm³/mol. The highest BCUT2D eigenvalue weighted by atomic mass is 35.5. The van der Waals surface area contributed by atoms with Crippen LogP contribution in [0.2, 0.25) is 10.0 Å². The molecule has 4 heteroatoms. The minimum Gasteiger partial charge on any atom is -0.313 e. The zero-order chi connectivity index (χ0) is 14.5. The minimum atomic E-state index is 0.368. The van der Waals surface area contributed by atoms with Crippen molar-refractivity contribution in [3.63, 3.8) is 0 Å². The second-order valence-electron chi connectivity index (χ2n) is 4.57. The van der Waals surface area contributed by atoms with Crippen molar-refractivity contribution in [1.82, 2.24) is 5.32 Å². The fourth-order valence-corrected chi connectivity index (χ4v) is 3.49. The minimum absolute atomic E-state index is 0.368. The molecule has 0 saturated carbocycles. The van der Waals surface area contributed by atoms with Gasteiger partial charge >= 0.3 is 0 Å². The lowest BCUT2D eigenvalue weighted by Crippen LogP contribution is -2.11. The third kappa shape index (κ3) is 3.92. The van der Waals surface area contributed by atoms with E-state index in [0.717, 1.165) is 21.4 Å². The van der Waals surface area contributed by atoms with Crippen molar-refractivity contribution in [3.05, 3.63) is 63.6 Å². The Bertz CT molecular complexity index is 549. The normalized spacial score (nSPS) is 12.4. The molecule has 0 spiro atoms. The number of nitrogens with one attached hydrogen (secondary N) is 1. The summed E-state index contributed by atoms with van der Waals surface area (Å²) in [5.41, 5.74) is 2.28. The van der Waals surface area contributed by atoms with E-state index >= 15 is 0 Å². The average molecular weight is 326 g/mol. The lowest BCUT2D eigenvalue weighted by Gasteiger charge is -2.11. The monoisotopic (exact) mass is 325 g/mol. The third-order valence-corrected chi connectivity index (χ3v) is 5.00. The van der Waals surface area contributed by atoms with Crippen LogP contribution < -0.4 is 5.32 Å². The maximum absolute atomic E-state index is 6.18. The molecule has 1 nitrogen and oxygen atoms in total. The van der Waals surface area contributed by atoms with Crippen LogP contribution in [0.1, 0.15) is 24.1 Å².